The topological polar surface area (TPSA) is 40.5 Å². The van der Waals surface area contributed by atoms with Crippen molar-refractivity contribution in [2.45, 2.75) is 20.3 Å². The third-order valence-corrected chi connectivity index (χ3v) is 4.07. The average molecular weight is 272 g/mol. The molecule has 1 aliphatic heterocycles. The monoisotopic (exact) mass is 272 g/mol. The van der Waals surface area contributed by atoms with Gasteiger partial charge in [-0.15, -0.1) is 11.3 Å². The third kappa shape index (κ3) is 2.46. The second-order valence-corrected chi connectivity index (χ2v) is 5.93. The molecule has 3 rings (SSSR count). The van der Waals surface area contributed by atoms with Crippen molar-refractivity contribution in [1.29, 1.82) is 0 Å². The van der Waals surface area contributed by atoms with E-state index in [1.807, 2.05) is 25.1 Å². The van der Waals surface area contributed by atoms with Crippen LogP contribution in [0.3, 0.4) is 0 Å². The lowest BCUT2D eigenvalue weighted by Gasteiger charge is -2.18. The van der Waals surface area contributed by atoms with Crippen molar-refractivity contribution >= 4 is 22.9 Å². The van der Waals surface area contributed by atoms with Gasteiger partial charge in [-0.3, -0.25) is 5.43 Å². The van der Waals surface area contributed by atoms with Crippen LogP contribution in [0, 0.1) is 13.8 Å². The van der Waals surface area contributed by atoms with Gasteiger partial charge in [0.1, 0.15) is 12.5 Å². The van der Waals surface area contributed by atoms with Gasteiger partial charge in [-0.25, -0.2) is 4.98 Å². The predicted octanol–water partition coefficient (Wildman–Crippen LogP) is 2.68. The van der Waals surface area contributed by atoms with Gasteiger partial charge in [-0.05, 0) is 26.0 Å². The molecule has 0 saturated carbocycles. The van der Waals surface area contributed by atoms with Gasteiger partial charge in [0.05, 0.1) is 17.1 Å². The van der Waals surface area contributed by atoms with E-state index in [1.165, 1.54) is 4.88 Å². The molecule has 0 saturated heterocycles. The number of aromatic nitrogens is 1. The number of benzene rings is 1. The number of hydrogen-bond acceptors (Lipinski definition) is 5. The van der Waals surface area contributed by atoms with Gasteiger partial charge >= 0.3 is 0 Å². The van der Waals surface area contributed by atoms with E-state index in [2.05, 4.69) is 39.5 Å². The van der Waals surface area contributed by atoms with E-state index in [9.17, 15) is 0 Å². The molecule has 0 fully saturated rings. The van der Waals surface area contributed by atoms with E-state index in [1.54, 1.807) is 11.3 Å². The number of rotatable bonds is 3. The van der Waals surface area contributed by atoms with Gasteiger partial charge < -0.3 is 4.90 Å². The number of hydrogen-bond donors (Lipinski definition) is 1. The van der Waals surface area contributed by atoms with Crippen LogP contribution in [0.4, 0.5) is 5.69 Å². The highest BCUT2D eigenvalue weighted by Gasteiger charge is 2.20. The number of thiazole rings is 1. The molecule has 0 atom stereocenters. The first kappa shape index (κ1) is 12.2. The second-order valence-electron chi connectivity index (χ2n) is 4.52. The predicted molar refractivity (Wildman–Crippen MR) is 79.7 cm³/mol. The highest BCUT2D eigenvalue weighted by Crippen LogP contribution is 2.21. The van der Waals surface area contributed by atoms with Crippen molar-refractivity contribution in [2.75, 3.05) is 11.6 Å². The number of aryl methyl sites for hydroxylation is 2. The van der Waals surface area contributed by atoms with Crippen LogP contribution >= 0.6 is 11.3 Å². The zero-order valence-corrected chi connectivity index (χ0v) is 11.9. The number of amidine groups is 1. The first-order valence-electron chi connectivity index (χ1n) is 6.29. The largest absolute Gasteiger partial charge is 0.309 e. The number of nitrogens with one attached hydrogen (secondary N) is 1. The summed E-state index contributed by atoms with van der Waals surface area (Å²) in [6.45, 7) is 4.89. The zero-order chi connectivity index (χ0) is 13.2. The quantitative estimate of drug-likeness (QED) is 0.934. The maximum absolute atomic E-state index is 4.59. The maximum atomic E-state index is 4.59. The molecule has 0 aliphatic carbocycles. The summed E-state index contributed by atoms with van der Waals surface area (Å²) in [4.78, 5) is 8.05. The Morgan fingerprint density at radius 3 is 2.74 bits per heavy atom. The number of nitrogens with zero attached hydrogens (tertiary/aromatic N) is 3. The van der Waals surface area contributed by atoms with Crippen LogP contribution in [-0.4, -0.2) is 17.5 Å². The number of anilines is 1. The molecular weight excluding hydrogens is 256 g/mol. The molecule has 0 amide bonds. The van der Waals surface area contributed by atoms with Gasteiger partial charge in [0.15, 0.2) is 0 Å². The standard InChI is InChI=1S/C14H16N4S/c1-10-13(16-11(2)19-10)8-14-17-15-9-18(14)12-6-4-3-5-7-12/h3-7,15H,8-9H2,1-2H3. The Balaban J connectivity index is 1.83. The van der Waals surface area contributed by atoms with E-state index in [-0.39, 0.29) is 0 Å². The minimum Gasteiger partial charge on any atom is -0.309 e. The Labute approximate surface area is 116 Å². The summed E-state index contributed by atoms with van der Waals surface area (Å²) in [7, 11) is 0. The molecule has 2 aromatic rings. The number of hydrazone groups is 1. The first-order valence-corrected chi connectivity index (χ1v) is 7.10. The van der Waals surface area contributed by atoms with E-state index in [0.717, 1.165) is 35.3 Å². The van der Waals surface area contributed by atoms with Gasteiger partial charge in [-0.2, -0.15) is 5.10 Å². The summed E-state index contributed by atoms with van der Waals surface area (Å²) in [6, 6.07) is 10.3. The molecule has 1 aromatic heterocycles. The lowest BCUT2D eigenvalue weighted by atomic mass is 10.2. The van der Waals surface area contributed by atoms with E-state index in [4.69, 9.17) is 0 Å². The summed E-state index contributed by atoms with van der Waals surface area (Å²) in [5.74, 6) is 1.03. The maximum Gasteiger partial charge on any atom is 0.136 e. The molecule has 4 nitrogen and oxygen atoms in total. The summed E-state index contributed by atoms with van der Waals surface area (Å²) in [5.41, 5.74) is 5.35. The van der Waals surface area contributed by atoms with E-state index < -0.39 is 0 Å². The molecule has 5 heteroatoms. The number of para-hydroxylation sites is 1. The Morgan fingerprint density at radius 2 is 2.05 bits per heavy atom. The minimum atomic E-state index is 0.724. The molecular formula is C14H16N4S. The lowest BCUT2D eigenvalue weighted by Crippen LogP contribution is -2.30. The summed E-state index contributed by atoms with van der Waals surface area (Å²) in [6.07, 6.45) is 0.776. The Kier molecular flexibility index (Phi) is 3.21. The molecule has 1 aromatic carbocycles. The fourth-order valence-corrected chi connectivity index (χ4v) is 3.05. The lowest BCUT2D eigenvalue weighted by molar-refractivity contribution is 0.807. The molecule has 1 aliphatic rings. The van der Waals surface area contributed by atoms with Crippen LogP contribution < -0.4 is 10.3 Å². The van der Waals surface area contributed by atoms with Crippen molar-refractivity contribution in [2.24, 2.45) is 5.10 Å². The first-order chi connectivity index (χ1) is 9.24. The smallest absolute Gasteiger partial charge is 0.136 e. The molecule has 0 unspecified atom stereocenters. The van der Waals surface area contributed by atoms with Crippen molar-refractivity contribution in [3.63, 3.8) is 0 Å². The van der Waals surface area contributed by atoms with Crippen LogP contribution in [0.15, 0.2) is 35.4 Å². The van der Waals surface area contributed by atoms with Crippen LogP contribution in [0.2, 0.25) is 0 Å². The second kappa shape index (κ2) is 5.01. The Bertz CT molecular complexity index is 603. The van der Waals surface area contributed by atoms with Crippen molar-refractivity contribution in [3.05, 3.63) is 45.9 Å². The molecule has 19 heavy (non-hydrogen) atoms. The third-order valence-electron chi connectivity index (χ3n) is 3.14. The summed E-state index contributed by atoms with van der Waals surface area (Å²) < 4.78 is 0. The van der Waals surface area contributed by atoms with Crippen molar-refractivity contribution < 1.29 is 0 Å². The van der Waals surface area contributed by atoms with Crippen LogP contribution in [0.25, 0.3) is 0 Å². The van der Waals surface area contributed by atoms with Crippen molar-refractivity contribution in [3.8, 4) is 0 Å². The van der Waals surface area contributed by atoms with Gasteiger partial charge in [-0.1, -0.05) is 18.2 Å². The van der Waals surface area contributed by atoms with E-state index in [0.29, 0.717) is 0 Å². The fourth-order valence-electron chi connectivity index (χ4n) is 2.22. The average Bonchev–Trinajstić information content (AvgIpc) is 2.98. The molecule has 0 bridgehead atoms. The Morgan fingerprint density at radius 1 is 1.26 bits per heavy atom. The molecule has 0 radical (unpaired) electrons. The highest BCUT2D eigenvalue weighted by atomic mass is 32.1. The fraction of sp³-hybridized carbons (Fsp3) is 0.286. The van der Waals surface area contributed by atoms with Gasteiger partial charge in [0, 0.05) is 10.6 Å². The van der Waals surface area contributed by atoms with Gasteiger partial charge in [0.25, 0.3) is 0 Å². The van der Waals surface area contributed by atoms with Crippen LogP contribution in [0.5, 0.6) is 0 Å². The molecule has 2 heterocycles. The van der Waals surface area contributed by atoms with Crippen LogP contribution in [0.1, 0.15) is 15.6 Å². The summed E-state index contributed by atoms with van der Waals surface area (Å²) >= 11 is 1.74. The minimum absolute atomic E-state index is 0.724. The molecule has 1 N–H and O–H groups in total. The van der Waals surface area contributed by atoms with E-state index >= 15 is 0 Å². The van der Waals surface area contributed by atoms with Crippen molar-refractivity contribution in [1.82, 2.24) is 10.4 Å². The molecule has 98 valence electrons. The zero-order valence-electron chi connectivity index (χ0n) is 11.1. The van der Waals surface area contributed by atoms with Crippen LogP contribution in [-0.2, 0) is 6.42 Å². The summed E-state index contributed by atoms with van der Waals surface area (Å²) in [5, 5.41) is 5.51. The molecule has 0 spiro atoms. The highest BCUT2D eigenvalue weighted by molar-refractivity contribution is 7.11. The Hall–Kier alpha value is -1.88. The normalized spacial score (nSPS) is 14.4. The SMILES string of the molecule is Cc1nc(CC2=NNCN2c2ccccc2)c(C)s1. The van der Waals surface area contributed by atoms with Gasteiger partial charge in [0.2, 0.25) is 0 Å².